The summed E-state index contributed by atoms with van der Waals surface area (Å²) in [5.41, 5.74) is 3.60. The van der Waals surface area contributed by atoms with E-state index in [-0.39, 0.29) is 12.7 Å². The Morgan fingerprint density at radius 3 is 2.55 bits per heavy atom. The second-order valence-corrected chi connectivity index (χ2v) is 6.97. The second kappa shape index (κ2) is 6.18. The van der Waals surface area contributed by atoms with Crippen molar-refractivity contribution < 1.29 is 14.6 Å². The molecule has 4 nitrogen and oxygen atoms in total. The van der Waals surface area contributed by atoms with Crippen molar-refractivity contribution in [1.29, 1.82) is 0 Å². The number of aryl methyl sites for hydroxylation is 2. The van der Waals surface area contributed by atoms with Crippen LogP contribution in [-0.4, -0.2) is 28.8 Å². The minimum Gasteiger partial charge on any atom is -0.480 e. The van der Waals surface area contributed by atoms with E-state index in [0.717, 1.165) is 23.5 Å². The first-order chi connectivity index (χ1) is 10.5. The lowest BCUT2D eigenvalue weighted by molar-refractivity contribution is -0.146. The van der Waals surface area contributed by atoms with Gasteiger partial charge in [-0.3, -0.25) is 0 Å². The van der Waals surface area contributed by atoms with Gasteiger partial charge in [-0.05, 0) is 43.7 Å². The Balaban J connectivity index is 1.61. The zero-order valence-corrected chi connectivity index (χ0v) is 13.5. The van der Waals surface area contributed by atoms with E-state index in [1.807, 2.05) is 13.8 Å². The number of benzene rings is 1. The molecule has 5 heteroatoms. The molecule has 0 unspecified atom stereocenters. The van der Waals surface area contributed by atoms with E-state index < -0.39 is 5.97 Å². The van der Waals surface area contributed by atoms with Crippen LogP contribution in [0, 0.1) is 13.8 Å². The molecule has 1 aromatic carbocycles. The predicted molar refractivity (Wildman–Crippen MR) is 86.4 cm³/mol. The SMILES string of the molecule is Cc1nc(C)c(-c2ccc(C3CC(OCC(=O)O)C3)cc2)s1. The minimum absolute atomic E-state index is 0.0900. The van der Waals surface area contributed by atoms with Crippen molar-refractivity contribution in [3.63, 3.8) is 0 Å². The molecule has 1 fully saturated rings. The van der Waals surface area contributed by atoms with Gasteiger partial charge in [0.15, 0.2) is 0 Å². The largest absolute Gasteiger partial charge is 0.480 e. The van der Waals surface area contributed by atoms with Crippen LogP contribution in [0.25, 0.3) is 10.4 Å². The molecule has 0 atom stereocenters. The highest BCUT2D eigenvalue weighted by Crippen LogP contribution is 2.39. The lowest BCUT2D eigenvalue weighted by Gasteiger charge is -2.35. The van der Waals surface area contributed by atoms with Crippen molar-refractivity contribution in [2.75, 3.05) is 6.61 Å². The smallest absolute Gasteiger partial charge is 0.329 e. The standard InChI is InChI=1S/C17H19NO3S/c1-10-17(22-11(2)18-10)13-5-3-12(4-6-13)14-7-15(8-14)21-9-16(19)20/h3-6,14-15H,7-9H2,1-2H3,(H,19,20). The number of hydrogen-bond donors (Lipinski definition) is 1. The number of aromatic nitrogens is 1. The van der Waals surface area contributed by atoms with E-state index in [0.29, 0.717) is 5.92 Å². The van der Waals surface area contributed by atoms with Crippen LogP contribution in [0.3, 0.4) is 0 Å². The molecule has 1 aromatic heterocycles. The third-order valence-electron chi connectivity index (χ3n) is 4.09. The Morgan fingerprint density at radius 1 is 1.32 bits per heavy atom. The molecule has 1 aliphatic rings. The van der Waals surface area contributed by atoms with Crippen molar-refractivity contribution in [1.82, 2.24) is 4.98 Å². The van der Waals surface area contributed by atoms with Gasteiger partial charge in [0.05, 0.1) is 21.7 Å². The van der Waals surface area contributed by atoms with Gasteiger partial charge in [-0.1, -0.05) is 24.3 Å². The third kappa shape index (κ3) is 3.20. The van der Waals surface area contributed by atoms with Gasteiger partial charge in [-0.15, -0.1) is 11.3 Å². The molecule has 116 valence electrons. The summed E-state index contributed by atoms with van der Waals surface area (Å²) < 4.78 is 5.30. The molecule has 2 aromatic rings. The van der Waals surface area contributed by atoms with E-state index in [1.54, 1.807) is 11.3 Å². The summed E-state index contributed by atoms with van der Waals surface area (Å²) in [6.07, 6.45) is 1.91. The third-order valence-corrected chi connectivity index (χ3v) is 5.21. The summed E-state index contributed by atoms with van der Waals surface area (Å²) in [6, 6.07) is 8.64. The first-order valence-electron chi connectivity index (χ1n) is 7.40. The van der Waals surface area contributed by atoms with Crippen LogP contribution in [0.1, 0.15) is 35.0 Å². The molecule has 0 bridgehead atoms. The summed E-state index contributed by atoms with van der Waals surface area (Å²) in [5.74, 6) is -0.417. The summed E-state index contributed by atoms with van der Waals surface area (Å²) in [6.45, 7) is 3.88. The monoisotopic (exact) mass is 317 g/mol. The van der Waals surface area contributed by atoms with E-state index in [1.165, 1.54) is 16.0 Å². The number of hydrogen-bond acceptors (Lipinski definition) is 4. The van der Waals surface area contributed by atoms with Crippen molar-refractivity contribution in [3.8, 4) is 10.4 Å². The van der Waals surface area contributed by atoms with E-state index in [2.05, 4.69) is 29.2 Å². The summed E-state index contributed by atoms with van der Waals surface area (Å²) in [7, 11) is 0. The van der Waals surface area contributed by atoms with Crippen LogP contribution in [-0.2, 0) is 9.53 Å². The average molecular weight is 317 g/mol. The molecule has 1 heterocycles. The maximum Gasteiger partial charge on any atom is 0.329 e. The summed E-state index contributed by atoms with van der Waals surface area (Å²) in [5, 5.41) is 9.69. The maximum absolute atomic E-state index is 10.5. The zero-order valence-electron chi connectivity index (χ0n) is 12.7. The molecule has 0 aliphatic heterocycles. The summed E-state index contributed by atoms with van der Waals surface area (Å²) >= 11 is 1.72. The Hall–Kier alpha value is -1.72. The van der Waals surface area contributed by atoms with E-state index in [4.69, 9.17) is 9.84 Å². The number of carbonyl (C=O) groups is 1. The Bertz CT molecular complexity index is 672. The summed E-state index contributed by atoms with van der Waals surface area (Å²) in [4.78, 5) is 16.2. The fourth-order valence-corrected chi connectivity index (χ4v) is 3.79. The van der Waals surface area contributed by atoms with Gasteiger partial charge in [0.2, 0.25) is 0 Å². The van der Waals surface area contributed by atoms with E-state index in [9.17, 15) is 4.79 Å². The number of thiazole rings is 1. The molecule has 0 spiro atoms. The molecular weight excluding hydrogens is 298 g/mol. The van der Waals surface area contributed by atoms with Crippen LogP contribution in [0.4, 0.5) is 0 Å². The van der Waals surface area contributed by atoms with Gasteiger partial charge in [0.25, 0.3) is 0 Å². The van der Waals surface area contributed by atoms with Crippen LogP contribution in [0.5, 0.6) is 0 Å². The van der Waals surface area contributed by atoms with Gasteiger partial charge < -0.3 is 9.84 Å². The predicted octanol–water partition coefficient (Wildman–Crippen LogP) is 3.77. The average Bonchev–Trinajstić information content (AvgIpc) is 2.76. The van der Waals surface area contributed by atoms with Gasteiger partial charge in [-0.25, -0.2) is 9.78 Å². The minimum atomic E-state index is -0.900. The van der Waals surface area contributed by atoms with Crippen LogP contribution >= 0.6 is 11.3 Å². The van der Waals surface area contributed by atoms with Crippen LogP contribution in [0.15, 0.2) is 24.3 Å². The van der Waals surface area contributed by atoms with Gasteiger partial charge in [0, 0.05) is 0 Å². The lowest BCUT2D eigenvalue weighted by atomic mass is 9.77. The van der Waals surface area contributed by atoms with Crippen LogP contribution < -0.4 is 0 Å². The van der Waals surface area contributed by atoms with Crippen molar-refractivity contribution in [2.24, 2.45) is 0 Å². The zero-order chi connectivity index (χ0) is 15.7. The molecular formula is C17H19NO3S. The highest BCUT2D eigenvalue weighted by atomic mass is 32.1. The van der Waals surface area contributed by atoms with Crippen molar-refractivity contribution in [3.05, 3.63) is 40.5 Å². The molecule has 1 N–H and O–H groups in total. The first-order valence-corrected chi connectivity index (χ1v) is 8.22. The topological polar surface area (TPSA) is 59.4 Å². The highest BCUT2D eigenvalue weighted by Gasteiger charge is 2.31. The lowest BCUT2D eigenvalue weighted by Crippen LogP contribution is -2.31. The van der Waals surface area contributed by atoms with Gasteiger partial charge in [-0.2, -0.15) is 0 Å². The maximum atomic E-state index is 10.5. The second-order valence-electron chi connectivity index (χ2n) is 5.76. The highest BCUT2D eigenvalue weighted by molar-refractivity contribution is 7.15. The van der Waals surface area contributed by atoms with Crippen molar-refractivity contribution >= 4 is 17.3 Å². The van der Waals surface area contributed by atoms with E-state index >= 15 is 0 Å². The quantitative estimate of drug-likeness (QED) is 0.912. The number of carboxylic acid groups (broad SMARTS) is 1. The van der Waals surface area contributed by atoms with Crippen molar-refractivity contribution in [2.45, 2.75) is 38.7 Å². The molecule has 22 heavy (non-hydrogen) atoms. The number of nitrogens with zero attached hydrogens (tertiary/aromatic N) is 1. The van der Waals surface area contributed by atoms with Gasteiger partial charge >= 0.3 is 5.97 Å². The Morgan fingerprint density at radius 2 is 2.00 bits per heavy atom. The molecule has 1 saturated carbocycles. The Labute approximate surface area is 133 Å². The van der Waals surface area contributed by atoms with Gasteiger partial charge in [0.1, 0.15) is 6.61 Å². The number of ether oxygens (including phenoxy) is 1. The first kappa shape index (κ1) is 15.2. The molecule has 0 amide bonds. The van der Waals surface area contributed by atoms with Crippen LogP contribution in [0.2, 0.25) is 0 Å². The fourth-order valence-electron chi connectivity index (χ4n) is 2.87. The number of rotatable bonds is 5. The number of carboxylic acids is 1. The molecule has 3 rings (SSSR count). The molecule has 0 saturated heterocycles. The number of aliphatic carboxylic acids is 1. The molecule has 0 radical (unpaired) electrons. The molecule has 1 aliphatic carbocycles. The Kier molecular flexibility index (Phi) is 4.27. The normalized spacial score (nSPS) is 20.6. The fraction of sp³-hybridized carbons (Fsp3) is 0.412.